The van der Waals surface area contributed by atoms with Crippen molar-refractivity contribution in [2.24, 2.45) is 16.7 Å². The zero-order chi connectivity index (χ0) is 36.1. The van der Waals surface area contributed by atoms with Crippen LogP contribution >= 0.6 is 0 Å². The molecule has 3 fully saturated rings. The van der Waals surface area contributed by atoms with Crippen LogP contribution in [-0.2, 0) is 4.74 Å². The summed E-state index contributed by atoms with van der Waals surface area (Å²) in [6, 6.07) is 12.8. The highest BCUT2D eigenvalue weighted by Crippen LogP contribution is 2.65. The van der Waals surface area contributed by atoms with Crippen LogP contribution < -0.4 is 4.90 Å². The molecule has 2 aliphatic heterocycles. The molecule has 280 valence electrons. The first-order valence-corrected chi connectivity index (χ1v) is 21.3. The van der Waals surface area contributed by atoms with Crippen LogP contribution in [0.2, 0.25) is 0 Å². The minimum atomic E-state index is 0.0538. The van der Waals surface area contributed by atoms with Gasteiger partial charge in [0.2, 0.25) is 0 Å². The Bertz CT molecular complexity index is 1610. The first-order chi connectivity index (χ1) is 25.1. The number of benzene rings is 1. The molecule has 4 nitrogen and oxygen atoms in total. The van der Waals surface area contributed by atoms with E-state index >= 15 is 0 Å². The number of fused-ring (bicyclic) bond motifs is 2. The molecule has 0 aromatic heterocycles. The maximum absolute atomic E-state index is 6.81. The molecule has 52 heavy (non-hydrogen) atoms. The van der Waals surface area contributed by atoms with Gasteiger partial charge in [-0.25, -0.2) is 0 Å². The molecule has 7 unspecified atom stereocenters. The summed E-state index contributed by atoms with van der Waals surface area (Å²) < 4.78 is 6.81. The SMILES string of the molecule is CC1CCC(N(C2=CC(N3C4CC=C(C(C)(C)C)CC4C4(CCCCC4)C3(C)C)=CC(N(c3ccccc3)C3C=CCCC3)C2)C2C=CC=CC2)O1. The molecule has 2 heterocycles. The fourth-order valence-electron chi connectivity index (χ4n) is 12.0. The average Bonchev–Trinajstić information content (AvgIpc) is 3.65. The Kier molecular flexibility index (Phi) is 9.94. The van der Waals surface area contributed by atoms with Gasteiger partial charge in [0.15, 0.2) is 0 Å². The number of ether oxygens (including phenoxy) is 1. The number of nitrogens with zero attached hydrogens (tertiary/aromatic N) is 3. The molecule has 0 N–H and O–H groups in total. The van der Waals surface area contributed by atoms with E-state index < -0.39 is 0 Å². The summed E-state index contributed by atoms with van der Waals surface area (Å²) in [6.07, 6.45) is 39.9. The van der Waals surface area contributed by atoms with E-state index in [2.05, 4.69) is 141 Å². The predicted molar refractivity (Wildman–Crippen MR) is 218 cm³/mol. The molecule has 7 atom stereocenters. The van der Waals surface area contributed by atoms with Crippen molar-refractivity contribution in [3.05, 3.63) is 102 Å². The highest BCUT2D eigenvalue weighted by Gasteiger charge is 2.64. The van der Waals surface area contributed by atoms with Crippen LogP contribution in [0.3, 0.4) is 0 Å². The zero-order valence-electron chi connectivity index (χ0n) is 33.3. The van der Waals surface area contributed by atoms with Crippen molar-refractivity contribution < 1.29 is 4.74 Å². The first kappa shape index (κ1) is 36.0. The molecule has 5 aliphatic carbocycles. The van der Waals surface area contributed by atoms with Crippen molar-refractivity contribution in [1.29, 1.82) is 0 Å². The van der Waals surface area contributed by atoms with Gasteiger partial charge < -0.3 is 19.4 Å². The maximum atomic E-state index is 6.81. The number of allylic oxidation sites excluding steroid dienone is 5. The Balaban J connectivity index is 1.28. The summed E-state index contributed by atoms with van der Waals surface area (Å²) in [4.78, 5) is 8.54. The van der Waals surface area contributed by atoms with Gasteiger partial charge in [0.1, 0.15) is 6.23 Å². The largest absolute Gasteiger partial charge is 0.362 e. The third-order valence-corrected chi connectivity index (χ3v) is 14.6. The molecule has 7 aliphatic rings. The third kappa shape index (κ3) is 6.47. The van der Waals surface area contributed by atoms with Crippen LogP contribution in [0.15, 0.2) is 102 Å². The number of rotatable bonds is 7. The van der Waals surface area contributed by atoms with Crippen LogP contribution in [-0.4, -0.2) is 51.8 Å². The summed E-state index contributed by atoms with van der Waals surface area (Å²) in [5, 5.41) is 0. The van der Waals surface area contributed by atoms with Gasteiger partial charge in [0, 0.05) is 41.1 Å². The second-order valence-electron chi connectivity index (χ2n) is 18.9. The second-order valence-corrected chi connectivity index (χ2v) is 18.9. The molecule has 1 spiro atoms. The Morgan fingerprint density at radius 2 is 1.62 bits per heavy atom. The molecule has 1 aromatic rings. The number of hydrogen-bond acceptors (Lipinski definition) is 4. The minimum absolute atomic E-state index is 0.0538. The summed E-state index contributed by atoms with van der Waals surface area (Å²) in [7, 11) is 0. The van der Waals surface area contributed by atoms with E-state index in [-0.39, 0.29) is 23.2 Å². The van der Waals surface area contributed by atoms with E-state index in [9.17, 15) is 0 Å². The van der Waals surface area contributed by atoms with Crippen LogP contribution in [0.25, 0.3) is 0 Å². The normalized spacial score (nSPS) is 33.8. The van der Waals surface area contributed by atoms with Crippen LogP contribution in [0, 0.1) is 16.7 Å². The van der Waals surface area contributed by atoms with Crippen molar-refractivity contribution in [2.45, 2.75) is 173 Å². The maximum Gasteiger partial charge on any atom is 0.130 e. The van der Waals surface area contributed by atoms with Gasteiger partial charge in [-0.15, -0.1) is 0 Å². The summed E-state index contributed by atoms with van der Waals surface area (Å²) in [5.74, 6) is 0.688. The number of hydrogen-bond donors (Lipinski definition) is 0. The van der Waals surface area contributed by atoms with Crippen molar-refractivity contribution in [3.63, 3.8) is 0 Å². The highest BCUT2D eigenvalue weighted by molar-refractivity contribution is 5.53. The number of anilines is 1. The first-order valence-electron chi connectivity index (χ1n) is 21.3. The highest BCUT2D eigenvalue weighted by atomic mass is 16.5. The quantitative estimate of drug-likeness (QED) is 0.263. The van der Waals surface area contributed by atoms with E-state index in [4.69, 9.17) is 4.74 Å². The lowest BCUT2D eigenvalue weighted by molar-refractivity contribution is -0.0448. The number of para-hydroxylation sites is 1. The summed E-state index contributed by atoms with van der Waals surface area (Å²) >= 11 is 0. The van der Waals surface area contributed by atoms with Gasteiger partial charge in [-0.3, -0.25) is 0 Å². The smallest absolute Gasteiger partial charge is 0.130 e. The van der Waals surface area contributed by atoms with Crippen molar-refractivity contribution in [3.8, 4) is 0 Å². The monoisotopic (exact) mass is 702 g/mol. The second kappa shape index (κ2) is 14.3. The molecule has 0 radical (unpaired) electrons. The Morgan fingerprint density at radius 3 is 2.29 bits per heavy atom. The molecular formula is C48H67N3O. The molecule has 1 saturated carbocycles. The molecule has 0 bridgehead atoms. The Morgan fingerprint density at radius 1 is 0.808 bits per heavy atom. The third-order valence-electron chi connectivity index (χ3n) is 14.6. The lowest BCUT2D eigenvalue weighted by Gasteiger charge is -2.51. The molecule has 8 rings (SSSR count). The fourth-order valence-corrected chi connectivity index (χ4v) is 12.0. The predicted octanol–water partition coefficient (Wildman–Crippen LogP) is 11.6. The molecule has 0 amide bonds. The lowest BCUT2D eigenvalue weighted by atomic mass is 9.55. The van der Waals surface area contributed by atoms with Crippen molar-refractivity contribution in [1.82, 2.24) is 9.80 Å². The Labute approximate surface area is 316 Å². The van der Waals surface area contributed by atoms with E-state index in [0.717, 1.165) is 32.1 Å². The van der Waals surface area contributed by atoms with Crippen LogP contribution in [0.1, 0.15) is 131 Å². The van der Waals surface area contributed by atoms with Crippen molar-refractivity contribution in [2.75, 3.05) is 4.90 Å². The van der Waals surface area contributed by atoms with E-state index in [1.54, 1.807) is 5.57 Å². The number of likely N-dealkylation sites (tertiary alicyclic amines) is 1. The summed E-state index contributed by atoms with van der Waals surface area (Å²) in [6.45, 7) is 14.9. The van der Waals surface area contributed by atoms with Gasteiger partial charge in [-0.2, -0.15) is 0 Å². The van der Waals surface area contributed by atoms with E-state index in [0.29, 0.717) is 35.6 Å². The zero-order valence-corrected chi connectivity index (χ0v) is 33.3. The molecule has 4 heteroatoms. The topological polar surface area (TPSA) is 19.0 Å². The summed E-state index contributed by atoms with van der Waals surface area (Å²) in [5.41, 5.74) is 6.58. The van der Waals surface area contributed by atoms with Gasteiger partial charge in [-0.1, -0.05) is 106 Å². The van der Waals surface area contributed by atoms with Gasteiger partial charge >= 0.3 is 0 Å². The standard InChI is InChI=1S/C48H67N3O/c1-35-25-28-45(52-35)50(39-23-15-9-16-24-39)41-32-40(49(37-19-11-7-12-20-37)38-21-13-8-14-22-38)33-42(34-41)51-44-27-26-36(46(2,3)4)31-43(44)48(47(51,5)6)29-17-10-18-30-48/h7,9,11-13,15-16,19-21,23,26,33-35,38-40,43-45H,8,10,14,17-18,22,24-25,27-32H2,1-6H3. The lowest BCUT2D eigenvalue weighted by Crippen LogP contribution is -2.53. The molecule has 2 saturated heterocycles. The van der Waals surface area contributed by atoms with Crippen LogP contribution in [0.4, 0.5) is 5.69 Å². The fraction of sp³-hybridized carbons (Fsp3) is 0.625. The van der Waals surface area contributed by atoms with E-state index in [1.807, 2.05) is 0 Å². The van der Waals surface area contributed by atoms with Gasteiger partial charge in [0.25, 0.3) is 0 Å². The van der Waals surface area contributed by atoms with Gasteiger partial charge in [0.05, 0.1) is 18.2 Å². The van der Waals surface area contributed by atoms with Crippen molar-refractivity contribution >= 4 is 5.69 Å². The van der Waals surface area contributed by atoms with E-state index in [1.165, 1.54) is 74.9 Å². The minimum Gasteiger partial charge on any atom is -0.362 e. The molecular weight excluding hydrogens is 635 g/mol. The average molecular weight is 702 g/mol. The molecule has 1 aromatic carbocycles. The Hall–Kier alpha value is -2.98. The van der Waals surface area contributed by atoms with Crippen LogP contribution in [0.5, 0.6) is 0 Å². The van der Waals surface area contributed by atoms with Gasteiger partial charge in [-0.05, 0) is 126 Å².